The molecule has 0 fully saturated rings. The van der Waals surface area contributed by atoms with Gasteiger partial charge in [-0.1, -0.05) is 23.2 Å². The second kappa shape index (κ2) is 4.36. The summed E-state index contributed by atoms with van der Waals surface area (Å²) in [6.07, 6.45) is 1.59. The molecule has 0 spiro atoms. The number of nitrogens with one attached hydrogen (secondary N) is 1. The number of pyridine rings is 1. The van der Waals surface area contributed by atoms with Crippen LogP contribution in [0.2, 0.25) is 10.0 Å². The summed E-state index contributed by atoms with van der Waals surface area (Å²) < 4.78 is 0. The number of fused-ring (bicyclic) bond motifs is 1. The summed E-state index contributed by atoms with van der Waals surface area (Å²) >= 11 is 12.2. The molecule has 1 heterocycles. The Hall–Kier alpha value is -1.19. The van der Waals surface area contributed by atoms with Crippen LogP contribution in [0, 0.1) is 0 Å². The van der Waals surface area contributed by atoms with Crippen molar-refractivity contribution in [2.75, 3.05) is 17.6 Å². The van der Waals surface area contributed by atoms with Gasteiger partial charge in [-0.2, -0.15) is 0 Å². The zero-order valence-corrected chi connectivity index (χ0v) is 10.2. The first kappa shape index (κ1) is 11.3. The lowest BCUT2D eigenvalue weighted by Gasteiger charge is -2.12. The number of benzene rings is 1. The maximum atomic E-state index is 6.15. The molecule has 84 valence electrons. The van der Waals surface area contributed by atoms with Crippen molar-refractivity contribution >= 4 is 45.5 Å². The Morgan fingerprint density at radius 3 is 2.69 bits per heavy atom. The average molecular weight is 256 g/mol. The van der Waals surface area contributed by atoms with Crippen molar-refractivity contribution in [3.05, 3.63) is 28.4 Å². The van der Waals surface area contributed by atoms with Crippen molar-refractivity contribution < 1.29 is 0 Å². The van der Waals surface area contributed by atoms with E-state index in [1.165, 1.54) is 0 Å². The molecule has 0 radical (unpaired) electrons. The van der Waals surface area contributed by atoms with Crippen molar-refractivity contribution in [2.45, 2.75) is 6.92 Å². The Labute approximate surface area is 104 Å². The van der Waals surface area contributed by atoms with E-state index >= 15 is 0 Å². The third kappa shape index (κ3) is 1.77. The third-order valence-corrected chi connectivity index (χ3v) is 2.92. The summed E-state index contributed by atoms with van der Waals surface area (Å²) in [5, 5.41) is 5.11. The van der Waals surface area contributed by atoms with Crippen molar-refractivity contribution in [3.8, 4) is 0 Å². The van der Waals surface area contributed by atoms with Crippen LogP contribution in [0.1, 0.15) is 6.92 Å². The highest BCUT2D eigenvalue weighted by molar-refractivity contribution is 6.41. The SMILES string of the molecule is CCNc1c(N)cnc2c(Cl)ccc(Cl)c12. The first-order chi connectivity index (χ1) is 7.65. The Morgan fingerprint density at radius 1 is 1.31 bits per heavy atom. The maximum absolute atomic E-state index is 6.15. The minimum Gasteiger partial charge on any atom is -0.396 e. The van der Waals surface area contributed by atoms with Gasteiger partial charge in [0.2, 0.25) is 0 Å². The van der Waals surface area contributed by atoms with Crippen molar-refractivity contribution in [1.82, 2.24) is 4.98 Å². The predicted octanol–water partition coefficient (Wildman–Crippen LogP) is 3.56. The Balaban J connectivity index is 2.85. The van der Waals surface area contributed by atoms with Crippen LogP contribution in [0.4, 0.5) is 11.4 Å². The van der Waals surface area contributed by atoms with E-state index in [0.717, 1.165) is 17.6 Å². The molecule has 1 aromatic carbocycles. The van der Waals surface area contributed by atoms with Crippen LogP contribution in [0.15, 0.2) is 18.3 Å². The van der Waals surface area contributed by atoms with Crippen LogP contribution in [-0.2, 0) is 0 Å². The van der Waals surface area contributed by atoms with Crippen LogP contribution in [0.25, 0.3) is 10.9 Å². The van der Waals surface area contributed by atoms with Gasteiger partial charge in [0.05, 0.1) is 33.1 Å². The Morgan fingerprint density at radius 2 is 2.00 bits per heavy atom. The summed E-state index contributed by atoms with van der Waals surface area (Å²) in [7, 11) is 0. The van der Waals surface area contributed by atoms with Crippen molar-refractivity contribution in [1.29, 1.82) is 0 Å². The topological polar surface area (TPSA) is 50.9 Å². The Kier molecular flexibility index (Phi) is 3.08. The first-order valence-corrected chi connectivity index (χ1v) is 5.66. The number of nitrogens with two attached hydrogens (primary N) is 1. The molecule has 1 aromatic heterocycles. The van der Waals surface area contributed by atoms with Gasteiger partial charge in [-0.3, -0.25) is 4.98 Å². The monoisotopic (exact) mass is 255 g/mol. The molecule has 3 N–H and O–H groups in total. The van der Waals surface area contributed by atoms with E-state index in [0.29, 0.717) is 21.2 Å². The Bertz CT molecular complexity index is 540. The van der Waals surface area contributed by atoms with Gasteiger partial charge in [-0.15, -0.1) is 0 Å². The fraction of sp³-hybridized carbons (Fsp3) is 0.182. The lowest BCUT2D eigenvalue weighted by molar-refractivity contribution is 1.22. The van der Waals surface area contributed by atoms with Crippen molar-refractivity contribution in [2.24, 2.45) is 0 Å². The lowest BCUT2D eigenvalue weighted by atomic mass is 10.1. The molecule has 3 nitrogen and oxygen atoms in total. The molecule has 0 saturated carbocycles. The summed E-state index contributed by atoms with van der Waals surface area (Å²) in [6, 6.07) is 3.47. The fourth-order valence-electron chi connectivity index (χ4n) is 1.62. The molecule has 0 saturated heterocycles. The number of anilines is 2. The number of hydrogen-bond acceptors (Lipinski definition) is 3. The largest absolute Gasteiger partial charge is 0.396 e. The number of aromatic nitrogens is 1. The molecule has 0 bridgehead atoms. The molecule has 0 amide bonds. The molecule has 2 aromatic rings. The van der Waals surface area contributed by atoms with E-state index in [4.69, 9.17) is 28.9 Å². The van der Waals surface area contributed by atoms with E-state index in [-0.39, 0.29) is 0 Å². The fourth-order valence-corrected chi connectivity index (χ4v) is 2.07. The van der Waals surface area contributed by atoms with E-state index < -0.39 is 0 Å². The van der Waals surface area contributed by atoms with E-state index in [1.807, 2.05) is 6.92 Å². The average Bonchev–Trinajstić information content (AvgIpc) is 2.27. The smallest absolute Gasteiger partial charge is 0.0925 e. The standard InChI is InChI=1S/C11H11Cl2N3/c1-2-15-11-8(14)5-16-10-7(13)4-3-6(12)9(10)11/h3-5H,2,14H2,1H3,(H,15,16). The van der Waals surface area contributed by atoms with E-state index in [2.05, 4.69) is 10.3 Å². The van der Waals surface area contributed by atoms with Crippen LogP contribution >= 0.6 is 23.2 Å². The normalized spacial score (nSPS) is 10.7. The third-order valence-electron chi connectivity index (χ3n) is 2.30. The van der Waals surface area contributed by atoms with E-state index in [1.54, 1.807) is 18.3 Å². The molecule has 0 aliphatic rings. The van der Waals surface area contributed by atoms with Gasteiger partial charge in [0.15, 0.2) is 0 Å². The minimum atomic E-state index is 0.568. The first-order valence-electron chi connectivity index (χ1n) is 4.91. The van der Waals surface area contributed by atoms with Crippen LogP contribution in [0.5, 0.6) is 0 Å². The number of nitrogens with zero attached hydrogens (tertiary/aromatic N) is 1. The van der Waals surface area contributed by atoms with Crippen LogP contribution in [0.3, 0.4) is 0 Å². The second-order valence-corrected chi connectivity index (χ2v) is 4.19. The zero-order chi connectivity index (χ0) is 11.7. The number of hydrogen-bond donors (Lipinski definition) is 2. The quantitative estimate of drug-likeness (QED) is 0.863. The molecule has 0 atom stereocenters. The summed E-state index contributed by atoms with van der Waals surface area (Å²) in [4.78, 5) is 4.20. The highest BCUT2D eigenvalue weighted by atomic mass is 35.5. The van der Waals surface area contributed by atoms with Gasteiger partial charge in [-0.25, -0.2) is 0 Å². The van der Waals surface area contributed by atoms with Crippen LogP contribution < -0.4 is 11.1 Å². The lowest BCUT2D eigenvalue weighted by Crippen LogP contribution is -2.03. The minimum absolute atomic E-state index is 0.568. The number of halogens is 2. The number of nitrogen functional groups attached to an aromatic ring is 1. The summed E-state index contributed by atoms with van der Waals surface area (Å²) in [6.45, 7) is 2.75. The molecule has 16 heavy (non-hydrogen) atoms. The summed E-state index contributed by atoms with van der Waals surface area (Å²) in [5.74, 6) is 0. The zero-order valence-electron chi connectivity index (χ0n) is 8.72. The molecule has 5 heteroatoms. The van der Waals surface area contributed by atoms with Gasteiger partial charge >= 0.3 is 0 Å². The molecule has 0 aliphatic carbocycles. The van der Waals surface area contributed by atoms with Gasteiger partial charge < -0.3 is 11.1 Å². The van der Waals surface area contributed by atoms with Gasteiger partial charge in [0.25, 0.3) is 0 Å². The predicted molar refractivity (Wildman–Crippen MR) is 70.3 cm³/mol. The number of rotatable bonds is 2. The van der Waals surface area contributed by atoms with Gasteiger partial charge in [0, 0.05) is 11.9 Å². The maximum Gasteiger partial charge on any atom is 0.0925 e. The highest BCUT2D eigenvalue weighted by Gasteiger charge is 2.11. The molecule has 0 aliphatic heterocycles. The van der Waals surface area contributed by atoms with Gasteiger partial charge in [-0.05, 0) is 19.1 Å². The van der Waals surface area contributed by atoms with Crippen molar-refractivity contribution in [3.63, 3.8) is 0 Å². The summed E-state index contributed by atoms with van der Waals surface area (Å²) in [5.41, 5.74) is 7.89. The molecule has 2 rings (SSSR count). The van der Waals surface area contributed by atoms with Gasteiger partial charge in [0.1, 0.15) is 0 Å². The van der Waals surface area contributed by atoms with Crippen LogP contribution in [-0.4, -0.2) is 11.5 Å². The molecular weight excluding hydrogens is 245 g/mol. The van der Waals surface area contributed by atoms with E-state index in [9.17, 15) is 0 Å². The highest BCUT2D eigenvalue weighted by Crippen LogP contribution is 2.36. The second-order valence-electron chi connectivity index (χ2n) is 3.37. The molecular formula is C11H11Cl2N3. The molecule has 0 unspecified atom stereocenters.